The van der Waals surface area contributed by atoms with Gasteiger partial charge in [-0.2, -0.15) is 0 Å². The number of rotatable bonds is 3. The van der Waals surface area contributed by atoms with Gasteiger partial charge >= 0.3 is 0 Å². The fourth-order valence-corrected chi connectivity index (χ4v) is 3.22. The Morgan fingerprint density at radius 3 is 2.63 bits per heavy atom. The van der Waals surface area contributed by atoms with Gasteiger partial charge in [0.1, 0.15) is 0 Å². The van der Waals surface area contributed by atoms with Crippen molar-refractivity contribution < 1.29 is 8.42 Å². The van der Waals surface area contributed by atoms with Crippen molar-refractivity contribution in [2.24, 2.45) is 0 Å². The van der Waals surface area contributed by atoms with Gasteiger partial charge in [0.2, 0.25) is 0 Å². The van der Waals surface area contributed by atoms with Gasteiger partial charge in [-0.1, -0.05) is 23.7 Å². The average molecular weight is 297 g/mol. The fraction of sp³-hybridized carbons (Fsp3) is 0.154. The first-order chi connectivity index (χ1) is 8.90. The van der Waals surface area contributed by atoms with E-state index < -0.39 is 10.0 Å². The molecule has 0 aliphatic rings. The number of hydrogen-bond donors (Lipinski definition) is 1. The molecule has 0 aliphatic carbocycles. The van der Waals surface area contributed by atoms with E-state index in [-0.39, 0.29) is 15.7 Å². The summed E-state index contributed by atoms with van der Waals surface area (Å²) in [4.78, 5) is 4.15. The van der Waals surface area contributed by atoms with E-state index in [4.69, 9.17) is 11.6 Å². The topological polar surface area (TPSA) is 59.1 Å². The summed E-state index contributed by atoms with van der Waals surface area (Å²) in [6.45, 7) is 3.58. The zero-order chi connectivity index (χ0) is 14.0. The monoisotopic (exact) mass is 296 g/mol. The summed E-state index contributed by atoms with van der Waals surface area (Å²) in [6, 6.07) is 8.47. The Balaban J connectivity index is 2.44. The van der Waals surface area contributed by atoms with E-state index in [1.54, 1.807) is 31.2 Å². The van der Waals surface area contributed by atoms with Crippen LogP contribution in [-0.4, -0.2) is 13.4 Å². The number of halogens is 1. The SMILES string of the molecule is Cc1ccc(C)c(S(=O)(=O)Nc2ncccc2Cl)c1. The van der Waals surface area contributed by atoms with Crippen molar-refractivity contribution in [3.8, 4) is 0 Å². The Hall–Kier alpha value is -1.59. The summed E-state index contributed by atoms with van der Waals surface area (Å²) < 4.78 is 27.0. The molecule has 100 valence electrons. The molecular weight excluding hydrogens is 284 g/mol. The van der Waals surface area contributed by atoms with E-state index in [2.05, 4.69) is 9.71 Å². The van der Waals surface area contributed by atoms with Crippen molar-refractivity contribution in [2.75, 3.05) is 4.72 Å². The highest BCUT2D eigenvalue weighted by Crippen LogP contribution is 2.23. The van der Waals surface area contributed by atoms with Crippen LogP contribution in [0.3, 0.4) is 0 Å². The lowest BCUT2D eigenvalue weighted by atomic mass is 10.2. The third-order valence-electron chi connectivity index (χ3n) is 2.62. The standard InChI is InChI=1S/C13H13ClN2O2S/c1-9-5-6-10(2)12(8-9)19(17,18)16-13-11(14)4-3-7-15-13/h3-8H,1-2H3,(H,15,16). The van der Waals surface area contributed by atoms with E-state index in [0.717, 1.165) is 5.56 Å². The highest BCUT2D eigenvalue weighted by molar-refractivity contribution is 7.92. The summed E-state index contributed by atoms with van der Waals surface area (Å²) in [5, 5.41) is 0.261. The van der Waals surface area contributed by atoms with Gasteiger partial charge in [0.15, 0.2) is 5.82 Å². The number of aryl methyl sites for hydroxylation is 2. The predicted octanol–water partition coefficient (Wildman–Crippen LogP) is 3.15. The predicted molar refractivity (Wildman–Crippen MR) is 76.0 cm³/mol. The third kappa shape index (κ3) is 3.05. The molecular formula is C13H13ClN2O2S. The van der Waals surface area contributed by atoms with Crippen LogP contribution in [-0.2, 0) is 10.0 Å². The van der Waals surface area contributed by atoms with Crippen LogP contribution in [0.25, 0.3) is 0 Å². The molecule has 0 radical (unpaired) electrons. The van der Waals surface area contributed by atoms with Crippen molar-refractivity contribution in [2.45, 2.75) is 18.7 Å². The maximum Gasteiger partial charge on any atom is 0.263 e. The molecule has 4 nitrogen and oxygen atoms in total. The van der Waals surface area contributed by atoms with Gasteiger partial charge < -0.3 is 0 Å². The summed E-state index contributed by atoms with van der Waals surface area (Å²) in [5.74, 6) is 0.130. The molecule has 2 aromatic rings. The lowest BCUT2D eigenvalue weighted by Gasteiger charge is -2.11. The molecule has 1 aromatic heterocycles. The molecule has 0 saturated heterocycles. The van der Waals surface area contributed by atoms with Gasteiger partial charge in [-0.05, 0) is 43.2 Å². The number of nitrogens with one attached hydrogen (secondary N) is 1. The highest BCUT2D eigenvalue weighted by Gasteiger charge is 2.18. The minimum atomic E-state index is -3.69. The quantitative estimate of drug-likeness (QED) is 0.946. The minimum absolute atomic E-state index is 0.130. The number of aromatic nitrogens is 1. The number of hydrogen-bond acceptors (Lipinski definition) is 3. The molecule has 1 aromatic carbocycles. The second-order valence-corrected chi connectivity index (χ2v) is 6.27. The first kappa shape index (κ1) is 13.8. The Labute approximate surface area is 117 Å². The van der Waals surface area contributed by atoms with Crippen molar-refractivity contribution in [3.05, 3.63) is 52.7 Å². The smallest absolute Gasteiger partial charge is 0.262 e. The van der Waals surface area contributed by atoms with Gasteiger partial charge in [0.05, 0.1) is 9.92 Å². The fourth-order valence-electron chi connectivity index (χ4n) is 1.64. The first-order valence-electron chi connectivity index (χ1n) is 5.61. The van der Waals surface area contributed by atoms with Gasteiger partial charge in [0.25, 0.3) is 10.0 Å². The van der Waals surface area contributed by atoms with Gasteiger partial charge in [-0.3, -0.25) is 4.72 Å². The van der Waals surface area contributed by atoms with Crippen molar-refractivity contribution >= 4 is 27.4 Å². The molecule has 0 amide bonds. The number of benzene rings is 1. The molecule has 0 spiro atoms. The maximum absolute atomic E-state index is 12.3. The van der Waals surface area contributed by atoms with Crippen LogP contribution in [0.4, 0.5) is 5.82 Å². The minimum Gasteiger partial charge on any atom is -0.262 e. The van der Waals surface area contributed by atoms with Crippen LogP contribution >= 0.6 is 11.6 Å². The number of pyridine rings is 1. The Morgan fingerprint density at radius 2 is 1.95 bits per heavy atom. The number of nitrogens with zero attached hydrogens (tertiary/aromatic N) is 1. The van der Waals surface area contributed by atoms with Gasteiger partial charge in [-0.25, -0.2) is 13.4 Å². The largest absolute Gasteiger partial charge is 0.263 e. The Morgan fingerprint density at radius 1 is 1.21 bits per heavy atom. The molecule has 0 atom stereocenters. The van der Waals surface area contributed by atoms with E-state index in [0.29, 0.717) is 5.56 Å². The van der Waals surface area contributed by atoms with E-state index in [1.807, 2.05) is 13.0 Å². The Bertz CT molecular complexity index is 714. The molecule has 0 aliphatic heterocycles. The average Bonchev–Trinajstić information content (AvgIpc) is 2.35. The summed E-state index contributed by atoms with van der Waals surface area (Å²) >= 11 is 5.90. The highest BCUT2D eigenvalue weighted by atomic mass is 35.5. The van der Waals surface area contributed by atoms with Crippen molar-refractivity contribution in [1.29, 1.82) is 0 Å². The number of anilines is 1. The third-order valence-corrected chi connectivity index (χ3v) is 4.41. The molecule has 2 rings (SSSR count). The molecule has 0 bridgehead atoms. The van der Waals surface area contributed by atoms with Crippen LogP contribution in [0.2, 0.25) is 5.02 Å². The van der Waals surface area contributed by atoms with Crippen LogP contribution < -0.4 is 4.72 Å². The lowest BCUT2D eigenvalue weighted by Crippen LogP contribution is -2.15. The second-order valence-electron chi connectivity index (χ2n) is 4.21. The van der Waals surface area contributed by atoms with Crippen LogP contribution in [0.5, 0.6) is 0 Å². The normalized spacial score (nSPS) is 11.3. The Kier molecular flexibility index (Phi) is 3.78. The van der Waals surface area contributed by atoms with E-state index in [1.165, 1.54) is 6.20 Å². The maximum atomic E-state index is 12.3. The number of sulfonamides is 1. The van der Waals surface area contributed by atoms with Crippen LogP contribution in [0.1, 0.15) is 11.1 Å². The molecule has 1 N–H and O–H groups in total. The lowest BCUT2D eigenvalue weighted by molar-refractivity contribution is 0.600. The van der Waals surface area contributed by atoms with Gasteiger partial charge in [-0.15, -0.1) is 0 Å². The van der Waals surface area contributed by atoms with E-state index in [9.17, 15) is 8.42 Å². The van der Waals surface area contributed by atoms with Crippen molar-refractivity contribution in [3.63, 3.8) is 0 Å². The molecule has 0 saturated carbocycles. The first-order valence-corrected chi connectivity index (χ1v) is 7.47. The molecule has 1 heterocycles. The summed E-state index contributed by atoms with van der Waals surface area (Å²) in [5.41, 5.74) is 1.54. The molecule has 6 heteroatoms. The zero-order valence-electron chi connectivity index (χ0n) is 10.5. The van der Waals surface area contributed by atoms with E-state index >= 15 is 0 Å². The molecule has 19 heavy (non-hydrogen) atoms. The van der Waals surface area contributed by atoms with Crippen LogP contribution in [0, 0.1) is 13.8 Å². The molecule has 0 fully saturated rings. The summed E-state index contributed by atoms with van der Waals surface area (Å²) in [6.07, 6.45) is 1.48. The molecule has 0 unspecified atom stereocenters. The summed E-state index contributed by atoms with van der Waals surface area (Å²) in [7, 11) is -3.69. The zero-order valence-corrected chi connectivity index (χ0v) is 12.1. The second kappa shape index (κ2) is 5.19. The van der Waals surface area contributed by atoms with Crippen LogP contribution in [0.15, 0.2) is 41.4 Å². The van der Waals surface area contributed by atoms with Gasteiger partial charge in [0, 0.05) is 6.20 Å². The van der Waals surface area contributed by atoms with Crippen molar-refractivity contribution in [1.82, 2.24) is 4.98 Å².